The topological polar surface area (TPSA) is 67.9 Å². The van der Waals surface area contributed by atoms with Crippen LogP contribution in [0.4, 0.5) is 5.69 Å². The van der Waals surface area contributed by atoms with Gasteiger partial charge in [0.1, 0.15) is 0 Å². The van der Waals surface area contributed by atoms with Gasteiger partial charge in [-0.15, -0.1) is 0 Å². The number of rotatable bonds is 8. The van der Waals surface area contributed by atoms with Crippen LogP contribution in [0, 0.1) is 0 Å². The number of hydrogen-bond acceptors (Lipinski definition) is 4. The molecule has 0 bridgehead atoms. The number of nitrogens with zero attached hydrogens (tertiary/aromatic N) is 1. The molecule has 6 nitrogen and oxygen atoms in total. The normalized spacial score (nSPS) is 13.5. The fraction of sp³-hybridized carbons (Fsp3) is 0.364. The van der Waals surface area contributed by atoms with E-state index in [1.165, 1.54) is 0 Å². The first-order chi connectivity index (χ1) is 13.6. The van der Waals surface area contributed by atoms with Gasteiger partial charge >= 0.3 is 0 Å². The van der Waals surface area contributed by atoms with Crippen LogP contribution >= 0.6 is 0 Å². The molecule has 2 aromatic rings. The maximum absolute atomic E-state index is 12.3. The summed E-state index contributed by atoms with van der Waals surface area (Å²) in [6, 6.07) is 13.1. The first-order valence-corrected chi connectivity index (χ1v) is 9.52. The Balaban J connectivity index is 1.47. The summed E-state index contributed by atoms with van der Waals surface area (Å²) in [7, 11) is 3.23. The second-order valence-electron chi connectivity index (χ2n) is 6.74. The number of anilines is 1. The SMILES string of the molecule is COc1ccc(CCCNC(=O)c2ccc(N3CCCC3=O)cc2)cc1OC. The van der Waals surface area contributed by atoms with Crippen molar-refractivity contribution < 1.29 is 19.1 Å². The lowest BCUT2D eigenvalue weighted by Gasteiger charge is -2.15. The first-order valence-electron chi connectivity index (χ1n) is 9.52. The monoisotopic (exact) mass is 382 g/mol. The molecule has 6 heteroatoms. The Hall–Kier alpha value is -3.02. The highest BCUT2D eigenvalue weighted by Gasteiger charge is 2.21. The molecule has 1 fully saturated rings. The maximum Gasteiger partial charge on any atom is 0.251 e. The number of carbonyl (C=O) groups excluding carboxylic acids is 2. The molecule has 1 aliphatic rings. The number of ether oxygens (including phenoxy) is 2. The van der Waals surface area contributed by atoms with Gasteiger partial charge in [-0.2, -0.15) is 0 Å². The first kappa shape index (κ1) is 19.7. The molecule has 1 saturated heterocycles. The second kappa shape index (κ2) is 9.26. The number of hydrogen-bond donors (Lipinski definition) is 1. The minimum absolute atomic E-state index is 0.105. The van der Waals surface area contributed by atoms with Gasteiger partial charge in [0.2, 0.25) is 5.91 Å². The van der Waals surface area contributed by atoms with E-state index < -0.39 is 0 Å². The van der Waals surface area contributed by atoms with Gasteiger partial charge in [0.05, 0.1) is 14.2 Å². The minimum atomic E-state index is -0.105. The molecule has 0 aliphatic carbocycles. The maximum atomic E-state index is 12.3. The van der Waals surface area contributed by atoms with Crippen LogP contribution in [-0.2, 0) is 11.2 Å². The summed E-state index contributed by atoms with van der Waals surface area (Å²) in [6.45, 7) is 1.33. The Bertz CT molecular complexity index is 833. The van der Waals surface area contributed by atoms with E-state index in [4.69, 9.17) is 9.47 Å². The van der Waals surface area contributed by atoms with E-state index in [1.54, 1.807) is 31.3 Å². The van der Waals surface area contributed by atoms with Crippen LogP contribution in [0.15, 0.2) is 42.5 Å². The third-order valence-electron chi connectivity index (χ3n) is 4.89. The van der Waals surface area contributed by atoms with Crippen molar-refractivity contribution in [3.63, 3.8) is 0 Å². The molecule has 2 amide bonds. The number of methoxy groups -OCH3 is 2. The molecule has 0 saturated carbocycles. The number of aryl methyl sites for hydroxylation is 1. The minimum Gasteiger partial charge on any atom is -0.493 e. The quantitative estimate of drug-likeness (QED) is 0.712. The van der Waals surface area contributed by atoms with Gasteiger partial charge in [0.25, 0.3) is 5.91 Å². The lowest BCUT2D eigenvalue weighted by molar-refractivity contribution is -0.117. The van der Waals surface area contributed by atoms with E-state index in [0.717, 1.165) is 37.1 Å². The third kappa shape index (κ3) is 4.63. The summed E-state index contributed by atoms with van der Waals surface area (Å²) >= 11 is 0. The fourth-order valence-corrected chi connectivity index (χ4v) is 3.35. The number of nitrogens with one attached hydrogen (secondary N) is 1. The van der Waals surface area contributed by atoms with Crippen LogP contribution in [0.2, 0.25) is 0 Å². The molecular weight excluding hydrogens is 356 g/mol. The molecule has 1 aliphatic heterocycles. The lowest BCUT2D eigenvalue weighted by atomic mass is 10.1. The van der Waals surface area contributed by atoms with Crippen LogP contribution in [0.1, 0.15) is 35.2 Å². The van der Waals surface area contributed by atoms with E-state index in [1.807, 2.05) is 30.3 Å². The van der Waals surface area contributed by atoms with Gasteiger partial charge in [-0.1, -0.05) is 6.07 Å². The van der Waals surface area contributed by atoms with Crippen LogP contribution in [0.5, 0.6) is 11.5 Å². The number of benzene rings is 2. The van der Waals surface area contributed by atoms with Gasteiger partial charge in [-0.25, -0.2) is 0 Å². The molecule has 0 spiro atoms. The van der Waals surface area contributed by atoms with Crippen molar-refractivity contribution in [3.05, 3.63) is 53.6 Å². The van der Waals surface area contributed by atoms with Crippen molar-refractivity contribution in [2.75, 3.05) is 32.2 Å². The second-order valence-corrected chi connectivity index (χ2v) is 6.74. The molecule has 0 aromatic heterocycles. The van der Waals surface area contributed by atoms with Gasteiger partial charge < -0.3 is 19.7 Å². The highest BCUT2D eigenvalue weighted by Crippen LogP contribution is 2.28. The summed E-state index contributed by atoms with van der Waals surface area (Å²) in [5.74, 6) is 1.46. The predicted molar refractivity (Wildman–Crippen MR) is 108 cm³/mol. The van der Waals surface area contributed by atoms with Gasteiger partial charge in [0, 0.05) is 30.8 Å². The Morgan fingerprint density at radius 3 is 2.46 bits per heavy atom. The van der Waals surface area contributed by atoms with Crippen molar-refractivity contribution in [1.29, 1.82) is 0 Å². The van der Waals surface area contributed by atoms with Crippen LogP contribution in [-0.4, -0.2) is 39.1 Å². The van der Waals surface area contributed by atoms with Crippen LogP contribution in [0.25, 0.3) is 0 Å². The highest BCUT2D eigenvalue weighted by atomic mass is 16.5. The molecule has 3 rings (SSSR count). The lowest BCUT2D eigenvalue weighted by Crippen LogP contribution is -2.25. The molecule has 0 unspecified atom stereocenters. The molecule has 1 N–H and O–H groups in total. The fourth-order valence-electron chi connectivity index (χ4n) is 3.35. The molecule has 0 radical (unpaired) electrons. The Morgan fingerprint density at radius 1 is 1.07 bits per heavy atom. The predicted octanol–water partition coefficient (Wildman–Crippen LogP) is 3.19. The Kier molecular flexibility index (Phi) is 6.53. The van der Waals surface area contributed by atoms with Crippen LogP contribution in [0.3, 0.4) is 0 Å². The van der Waals surface area contributed by atoms with Crippen molar-refractivity contribution in [3.8, 4) is 11.5 Å². The molecule has 2 aromatic carbocycles. The van der Waals surface area contributed by atoms with Crippen molar-refractivity contribution in [2.45, 2.75) is 25.7 Å². The number of carbonyl (C=O) groups is 2. The molecule has 148 valence electrons. The zero-order chi connectivity index (χ0) is 19.9. The average molecular weight is 382 g/mol. The van der Waals surface area contributed by atoms with E-state index in [9.17, 15) is 9.59 Å². The van der Waals surface area contributed by atoms with Gasteiger partial charge in [0.15, 0.2) is 11.5 Å². The van der Waals surface area contributed by atoms with E-state index in [-0.39, 0.29) is 11.8 Å². The Labute approximate surface area is 165 Å². The third-order valence-corrected chi connectivity index (χ3v) is 4.89. The molecule has 0 atom stereocenters. The van der Waals surface area contributed by atoms with E-state index in [2.05, 4.69) is 5.32 Å². The molecular formula is C22H26N2O4. The number of amides is 2. The zero-order valence-electron chi connectivity index (χ0n) is 16.4. The van der Waals surface area contributed by atoms with Gasteiger partial charge in [-0.3, -0.25) is 9.59 Å². The van der Waals surface area contributed by atoms with Crippen molar-refractivity contribution in [2.24, 2.45) is 0 Å². The molecule has 1 heterocycles. The summed E-state index contributed by atoms with van der Waals surface area (Å²) in [6.07, 6.45) is 3.14. The summed E-state index contributed by atoms with van der Waals surface area (Å²) < 4.78 is 10.6. The standard InChI is InChI=1S/C22H26N2O4/c1-27-19-12-7-16(15-20(19)28-2)5-3-13-23-22(26)17-8-10-18(11-9-17)24-14-4-6-21(24)25/h7-12,15H,3-6,13-14H2,1-2H3,(H,23,26). The smallest absolute Gasteiger partial charge is 0.251 e. The largest absolute Gasteiger partial charge is 0.493 e. The highest BCUT2D eigenvalue weighted by molar-refractivity contribution is 5.97. The average Bonchev–Trinajstić information content (AvgIpc) is 3.16. The van der Waals surface area contributed by atoms with E-state index >= 15 is 0 Å². The van der Waals surface area contributed by atoms with Crippen molar-refractivity contribution >= 4 is 17.5 Å². The van der Waals surface area contributed by atoms with Crippen LogP contribution < -0.4 is 19.7 Å². The summed E-state index contributed by atoms with van der Waals surface area (Å²) in [5.41, 5.74) is 2.58. The van der Waals surface area contributed by atoms with Gasteiger partial charge in [-0.05, 0) is 61.2 Å². The van der Waals surface area contributed by atoms with Crippen molar-refractivity contribution in [1.82, 2.24) is 5.32 Å². The Morgan fingerprint density at radius 2 is 1.82 bits per heavy atom. The summed E-state index contributed by atoms with van der Waals surface area (Å²) in [5, 5.41) is 2.94. The summed E-state index contributed by atoms with van der Waals surface area (Å²) in [4.78, 5) is 25.9. The zero-order valence-corrected chi connectivity index (χ0v) is 16.4. The molecule has 28 heavy (non-hydrogen) atoms. The van der Waals surface area contributed by atoms with E-state index in [0.29, 0.717) is 30.0 Å².